The molecule has 5 rings (SSSR count). The van der Waals surface area contributed by atoms with Crippen molar-refractivity contribution in [2.45, 2.75) is 26.9 Å². The first-order chi connectivity index (χ1) is 15.6. The first-order valence-corrected chi connectivity index (χ1v) is 10.8. The Hall–Kier alpha value is -3.51. The molecule has 6 heteroatoms. The van der Waals surface area contributed by atoms with Crippen molar-refractivity contribution >= 4 is 10.9 Å². The highest BCUT2D eigenvalue weighted by Gasteiger charge is 2.22. The first-order valence-electron chi connectivity index (χ1n) is 10.8. The lowest BCUT2D eigenvalue weighted by Gasteiger charge is -2.21. The highest BCUT2D eigenvalue weighted by molar-refractivity contribution is 5.81. The Morgan fingerprint density at radius 2 is 2.00 bits per heavy atom. The van der Waals surface area contributed by atoms with Crippen LogP contribution in [0.15, 0.2) is 54.9 Å². The van der Waals surface area contributed by atoms with Crippen molar-refractivity contribution in [3.05, 3.63) is 77.4 Å². The molecular formula is C26H26N4O2. The summed E-state index contributed by atoms with van der Waals surface area (Å²) in [7, 11) is 1.68. The third kappa shape index (κ3) is 3.89. The third-order valence-electron chi connectivity index (χ3n) is 5.88. The molecule has 0 bridgehead atoms. The summed E-state index contributed by atoms with van der Waals surface area (Å²) in [4.78, 5) is 16.1. The predicted octanol–water partition coefficient (Wildman–Crippen LogP) is 4.71. The number of nitrogens with zero attached hydrogens (tertiary/aromatic N) is 4. The van der Waals surface area contributed by atoms with E-state index in [1.165, 1.54) is 10.9 Å². The zero-order chi connectivity index (χ0) is 22.1. The van der Waals surface area contributed by atoms with E-state index in [2.05, 4.69) is 45.2 Å². The number of hydrogen-bond donors (Lipinski definition) is 0. The smallest absolute Gasteiger partial charge is 0.165 e. The molecule has 1 aliphatic rings. The second-order valence-electron chi connectivity index (χ2n) is 8.16. The standard InChI is InChI=1S/C26H26N4O2/c1-17-14-28-18(2)25(29-17)20-12-21-16-30(10-11-32-26(21)24(13-20)31-3)15-19-6-4-8-23-22(19)7-5-9-27-23/h4-9,12-14H,10-11,15-16H2,1-3H3. The van der Waals surface area contributed by atoms with Crippen LogP contribution in [0, 0.1) is 13.8 Å². The Bertz CT molecular complexity index is 1280. The number of benzene rings is 2. The largest absolute Gasteiger partial charge is 0.493 e. The molecule has 0 fully saturated rings. The fourth-order valence-corrected chi connectivity index (χ4v) is 4.32. The maximum atomic E-state index is 6.16. The Kier molecular flexibility index (Phi) is 5.45. The summed E-state index contributed by atoms with van der Waals surface area (Å²) in [6, 6.07) is 14.6. The van der Waals surface area contributed by atoms with Crippen molar-refractivity contribution in [3.63, 3.8) is 0 Å². The SMILES string of the molecule is COc1cc(-c2nc(C)cnc2C)cc2c1OCCN(Cc1cccc3ncccc13)C2. The van der Waals surface area contributed by atoms with Crippen LogP contribution in [-0.4, -0.2) is 40.1 Å². The fourth-order valence-electron chi connectivity index (χ4n) is 4.32. The van der Waals surface area contributed by atoms with Crippen molar-refractivity contribution in [1.29, 1.82) is 0 Å². The molecule has 0 saturated carbocycles. The van der Waals surface area contributed by atoms with Gasteiger partial charge in [0.2, 0.25) is 0 Å². The van der Waals surface area contributed by atoms with Gasteiger partial charge in [-0.15, -0.1) is 0 Å². The van der Waals surface area contributed by atoms with Gasteiger partial charge in [-0.05, 0) is 43.7 Å². The minimum Gasteiger partial charge on any atom is -0.493 e. The molecule has 0 aliphatic carbocycles. The van der Waals surface area contributed by atoms with Gasteiger partial charge in [-0.25, -0.2) is 4.98 Å². The van der Waals surface area contributed by atoms with E-state index >= 15 is 0 Å². The second-order valence-corrected chi connectivity index (χ2v) is 8.16. The van der Waals surface area contributed by atoms with Gasteiger partial charge in [-0.3, -0.25) is 14.9 Å². The van der Waals surface area contributed by atoms with E-state index < -0.39 is 0 Å². The molecule has 162 valence electrons. The Labute approximate surface area is 187 Å². The van der Waals surface area contributed by atoms with Gasteiger partial charge in [0.15, 0.2) is 11.5 Å². The zero-order valence-corrected chi connectivity index (χ0v) is 18.6. The van der Waals surface area contributed by atoms with Crippen LogP contribution in [-0.2, 0) is 13.1 Å². The number of methoxy groups -OCH3 is 1. The molecule has 0 amide bonds. The molecule has 0 N–H and O–H groups in total. The Morgan fingerprint density at radius 1 is 1.09 bits per heavy atom. The average molecular weight is 427 g/mol. The number of fused-ring (bicyclic) bond motifs is 2. The normalized spacial score (nSPS) is 14.0. The molecule has 0 unspecified atom stereocenters. The quantitative estimate of drug-likeness (QED) is 0.471. The monoisotopic (exact) mass is 426 g/mol. The molecule has 0 spiro atoms. The molecule has 4 aromatic rings. The van der Waals surface area contributed by atoms with Crippen molar-refractivity contribution in [2.24, 2.45) is 0 Å². The highest BCUT2D eigenvalue weighted by atomic mass is 16.5. The van der Waals surface area contributed by atoms with Crippen LogP contribution in [0.1, 0.15) is 22.5 Å². The number of ether oxygens (including phenoxy) is 2. The zero-order valence-electron chi connectivity index (χ0n) is 18.6. The summed E-state index contributed by atoms with van der Waals surface area (Å²) >= 11 is 0. The van der Waals surface area contributed by atoms with Gasteiger partial charge in [0.1, 0.15) is 6.61 Å². The summed E-state index contributed by atoms with van der Waals surface area (Å²) in [6.07, 6.45) is 3.63. The van der Waals surface area contributed by atoms with Crippen molar-refractivity contribution in [2.75, 3.05) is 20.3 Å². The summed E-state index contributed by atoms with van der Waals surface area (Å²) in [6.45, 7) is 6.95. The number of pyridine rings is 1. The minimum atomic E-state index is 0.606. The van der Waals surface area contributed by atoms with E-state index in [1.807, 2.05) is 32.2 Å². The van der Waals surface area contributed by atoms with E-state index in [0.29, 0.717) is 6.61 Å². The summed E-state index contributed by atoms with van der Waals surface area (Å²) < 4.78 is 11.9. The molecule has 1 aliphatic heterocycles. The lowest BCUT2D eigenvalue weighted by molar-refractivity contribution is 0.217. The summed E-state index contributed by atoms with van der Waals surface area (Å²) in [5.41, 5.74) is 7.04. The van der Waals surface area contributed by atoms with Gasteiger partial charge in [-0.1, -0.05) is 18.2 Å². The van der Waals surface area contributed by atoms with Crippen molar-refractivity contribution < 1.29 is 9.47 Å². The van der Waals surface area contributed by atoms with Crippen LogP contribution < -0.4 is 9.47 Å². The number of rotatable bonds is 4. The molecule has 6 nitrogen and oxygen atoms in total. The van der Waals surface area contributed by atoms with Crippen LogP contribution in [0.3, 0.4) is 0 Å². The Morgan fingerprint density at radius 3 is 2.88 bits per heavy atom. The average Bonchev–Trinajstić information content (AvgIpc) is 3.02. The maximum Gasteiger partial charge on any atom is 0.165 e. The van der Waals surface area contributed by atoms with E-state index in [-0.39, 0.29) is 0 Å². The van der Waals surface area contributed by atoms with Crippen LogP contribution >= 0.6 is 0 Å². The lowest BCUT2D eigenvalue weighted by atomic mass is 10.0. The second kappa shape index (κ2) is 8.55. The van der Waals surface area contributed by atoms with Gasteiger partial charge >= 0.3 is 0 Å². The minimum absolute atomic E-state index is 0.606. The Balaban J connectivity index is 1.52. The van der Waals surface area contributed by atoms with E-state index in [9.17, 15) is 0 Å². The molecule has 2 aromatic carbocycles. The van der Waals surface area contributed by atoms with Gasteiger partial charge in [0, 0.05) is 48.5 Å². The van der Waals surface area contributed by atoms with Gasteiger partial charge < -0.3 is 9.47 Å². The van der Waals surface area contributed by atoms with Gasteiger partial charge in [0.05, 0.1) is 29.7 Å². The molecule has 0 radical (unpaired) electrons. The van der Waals surface area contributed by atoms with Crippen LogP contribution in [0.5, 0.6) is 11.5 Å². The molecule has 0 saturated heterocycles. The van der Waals surface area contributed by atoms with Gasteiger partial charge in [-0.2, -0.15) is 0 Å². The summed E-state index contributed by atoms with van der Waals surface area (Å²) in [5.74, 6) is 1.55. The van der Waals surface area contributed by atoms with Crippen molar-refractivity contribution in [1.82, 2.24) is 19.9 Å². The molecular weight excluding hydrogens is 400 g/mol. The maximum absolute atomic E-state index is 6.16. The highest BCUT2D eigenvalue weighted by Crippen LogP contribution is 2.38. The molecule has 32 heavy (non-hydrogen) atoms. The fraction of sp³-hybridized carbons (Fsp3) is 0.269. The predicted molar refractivity (Wildman–Crippen MR) is 125 cm³/mol. The van der Waals surface area contributed by atoms with E-state index in [0.717, 1.165) is 64.9 Å². The lowest BCUT2D eigenvalue weighted by Crippen LogP contribution is -2.25. The summed E-state index contributed by atoms with van der Waals surface area (Å²) in [5, 5.41) is 1.19. The van der Waals surface area contributed by atoms with Crippen LogP contribution in [0.2, 0.25) is 0 Å². The van der Waals surface area contributed by atoms with Crippen LogP contribution in [0.4, 0.5) is 0 Å². The van der Waals surface area contributed by atoms with E-state index in [1.54, 1.807) is 13.3 Å². The topological polar surface area (TPSA) is 60.4 Å². The first kappa shape index (κ1) is 20.4. The third-order valence-corrected chi connectivity index (χ3v) is 5.88. The number of hydrogen-bond acceptors (Lipinski definition) is 6. The molecule has 0 atom stereocenters. The van der Waals surface area contributed by atoms with Crippen LogP contribution in [0.25, 0.3) is 22.2 Å². The van der Waals surface area contributed by atoms with E-state index in [4.69, 9.17) is 14.5 Å². The van der Waals surface area contributed by atoms with Crippen molar-refractivity contribution in [3.8, 4) is 22.8 Å². The molecule has 2 aromatic heterocycles. The number of aromatic nitrogens is 3. The van der Waals surface area contributed by atoms with Gasteiger partial charge in [0.25, 0.3) is 0 Å². The molecule has 3 heterocycles. The number of aryl methyl sites for hydroxylation is 2.